The molecule has 2 aromatic carbocycles. The molecule has 154 valence electrons. The summed E-state index contributed by atoms with van der Waals surface area (Å²) in [6, 6.07) is 3.20. The van der Waals surface area contributed by atoms with Gasteiger partial charge in [0.1, 0.15) is 16.9 Å². The van der Waals surface area contributed by atoms with E-state index in [1.807, 2.05) is 0 Å². The van der Waals surface area contributed by atoms with Crippen molar-refractivity contribution in [3.63, 3.8) is 0 Å². The van der Waals surface area contributed by atoms with Crippen LogP contribution in [0.3, 0.4) is 0 Å². The molecule has 0 atom stereocenters. The summed E-state index contributed by atoms with van der Waals surface area (Å²) in [5.74, 6) is -16.0. The van der Waals surface area contributed by atoms with Crippen molar-refractivity contribution < 1.29 is 56.4 Å². The fourth-order valence-corrected chi connectivity index (χ4v) is 1.94. The van der Waals surface area contributed by atoms with Crippen LogP contribution in [-0.4, -0.2) is 39.0 Å². The minimum absolute atomic E-state index is 0.0926. The van der Waals surface area contributed by atoms with E-state index < -0.39 is 63.9 Å². The summed E-state index contributed by atoms with van der Waals surface area (Å²) in [6.45, 7) is 1.22. The van der Waals surface area contributed by atoms with Crippen molar-refractivity contribution in [1.29, 1.82) is 0 Å². The molecule has 0 spiro atoms. The normalized spacial score (nSPS) is 10.0. The van der Waals surface area contributed by atoms with Crippen LogP contribution in [0.5, 0.6) is 0 Å². The fourth-order valence-electron chi connectivity index (χ4n) is 1.94. The lowest BCUT2D eigenvalue weighted by Gasteiger charge is -2.05. The zero-order chi connectivity index (χ0) is 22.6. The van der Waals surface area contributed by atoms with Gasteiger partial charge in [0.2, 0.25) is 0 Å². The fraction of sp³-hybridized carbons (Fsp3) is 0.0588. The Kier molecular flexibility index (Phi) is 7.13. The molecule has 0 fully saturated rings. The number of aromatic carboxylic acids is 3. The highest BCUT2D eigenvalue weighted by atomic mass is 19.2. The van der Waals surface area contributed by atoms with Gasteiger partial charge in [-0.3, -0.25) is 4.79 Å². The Labute approximate surface area is 157 Å². The molecule has 0 aliphatic rings. The van der Waals surface area contributed by atoms with Gasteiger partial charge in [0.05, 0.1) is 11.1 Å². The number of hydrogen-bond acceptors (Lipinski definition) is 4. The molecule has 2 aromatic rings. The van der Waals surface area contributed by atoms with Crippen LogP contribution in [0.15, 0.2) is 18.2 Å². The molecule has 0 saturated carbocycles. The van der Waals surface area contributed by atoms with E-state index in [0.29, 0.717) is 0 Å². The lowest BCUT2D eigenvalue weighted by molar-refractivity contribution is 0.0658. The number of carbonyl (C=O) groups is 4. The number of carbonyl (C=O) groups excluding carboxylic acids is 1. The standard InChI is InChI=1S/C9H7FO3.C8H2F4O4/c1-5(11)7-3-2-6(9(12)13)4-8(7)10;9-3-1(7(13)14)4(10)6(12)2(5(3)11)8(15)16/h2-4H,1H3,(H,12,13);(H,13,14)(H,15,16). The summed E-state index contributed by atoms with van der Waals surface area (Å²) in [5.41, 5.74) is -4.01. The third kappa shape index (κ3) is 4.91. The van der Waals surface area contributed by atoms with Gasteiger partial charge in [-0.2, -0.15) is 0 Å². The highest BCUT2D eigenvalue weighted by Gasteiger charge is 2.32. The molecular weight excluding hydrogens is 411 g/mol. The molecule has 0 bridgehead atoms. The number of hydrogen-bond donors (Lipinski definition) is 3. The van der Waals surface area contributed by atoms with E-state index in [1.54, 1.807) is 0 Å². The van der Waals surface area contributed by atoms with Crippen molar-refractivity contribution in [2.24, 2.45) is 0 Å². The highest BCUT2D eigenvalue weighted by molar-refractivity contribution is 5.96. The van der Waals surface area contributed by atoms with Gasteiger partial charge in [0, 0.05) is 0 Å². The van der Waals surface area contributed by atoms with Gasteiger partial charge in [0.15, 0.2) is 29.1 Å². The average molecular weight is 420 g/mol. The zero-order valence-electron chi connectivity index (χ0n) is 14.1. The molecule has 3 N–H and O–H groups in total. The first-order valence-corrected chi connectivity index (χ1v) is 7.17. The zero-order valence-corrected chi connectivity index (χ0v) is 14.1. The first-order valence-electron chi connectivity index (χ1n) is 7.17. The van der Waals surface area contributed by atoms with Crippen molar-refractivity contribution in [3.05, 3.63) is 69.5 Å². The third-order valence-electron chi connectivity index (χ3n) is 3.29. The summed E-state index contributed by atoms with van der Waals surface area (Å²) >= 11 is 0. The molecular formula is C17H9F5O7. The molecule has 0 radical (unpaired) electrons. The Morgan fingerprint density at radius 1 is 0.690 bits per heavy atom. The smallest absolute Gasteiger partial charge is 0.341 e. The number of carboxylic acids is 3. The number of carboxylic acid groups (broad SMARTS) is 3. The average Bonchev–Trinajstić information content (AvgIpc) is 2.59. The van der Waals surface area contributed by atoms with Gasteiger partial charge in [-0.15, -0.1) is 0 Å². The van der Waals surface area contributed by atoms with Crippen LogP contribution in [0.2, 0.25) is 0 Å². The number of ketones is 1. The first kappa shape index (κ1) is 23.2. The maximum Gasteiger partial charge on any atom is 0.341 e. The van der Waals surface area contributed by atoms with E-state index in [4.69, 9.17) is 15.3 Å². The maximum atomic E-state index is 13.0. The second-order valence-electron chi connectivity index (χ2n) is 5.17. The quantitative estimate of drug-likeness (QED) is 0.393. The first-order chi connectivity index (χ1) is 13.3. The highest BCUT2D eigenvalue weighted by Crippen LogP contribution is 2.24. The van der Waals surface area contributed by atoms with Crippen LogP contribution in [0, 0.1) is 29.1 Å². The number of benzene rings is 2. The molecule has 0 amide bonds. The SMILES string of the molecule is CC(=O)c1ccc(C(=O)O)cc1F.O=C(O)c1c(F)c(F)c(C(=O)O)c(F)c1F. The predicted octanol–water partition coefficient (Wildman–Crippen LogP) is 3.37. The summed E-state index contributed by atoms with van der Waals surface area (Å²) < 4.78 is 64.5. The molecule has 0 saturated heterocycles. The lowest BCUT2D eigenvalue weighted by Crippen LogP contribution is -2.15. The molecule has 0 unspecified atom stereocenters. The molecule has 0 aromatic heterocycles. The van der Waals surface area contributed by atoms with Crippen molar-refractivity contribution in [2.75, 3.05) is 0 Å². The minimum atomic E-state index is -2.26. The van der Waals surface area contributed by atoms with Crippen LogP contribution < -0.4 is 0 Å². The number of Topliss-reactive ketones (excluding diaryl/α,β-unsaturated/α-hetero) is 1. The molecule has 0 heterocycles. The summed E-state index contributed by atoms with van der Waals surface area (Å²) in [4.78, 5) is 41.7. The van der Waals surface area contributed by atoms with Gasteiger partial charge < -0.3 is 15.3 Å². The van der Waals surface area contributed by atoms with Crippen molar-refractivity contribution in [2.45, 2.75) is 6.92 Å². The molecule has 29 heavy (non-hydrogen) atoms. The van der Waals surface area contributed by atoms with Gasteiger partial charge in [-0.25, -0.2) is 36.3 Å². The van der Waals surface area contributed by atoms with Crippen LogP contribution in [0.4, 0.5) is 22.0 Å². The van der Waals surface area contributed by atoms with E-state index >= 15 is 0 Å². The summed E-state index contributed by atoms with van der Waals surface area (Å²) in [6.07, 6.45) is 0. The molecule has 2 rings (SSSR count). The molecule has 12 heteroatoms. The van der Waals surface area contributed by atoms with Gasteiger partial charge >= 0.3 is 17.9 Å². The van der Waals surface area contributed by atoms with Crippen molar-refractivity contribution in [1.82, 2.24) is 0 Å². The Bertz CT molecular complexity index is 959. The monoisotopic (exact) mass is 420 g/mol. The lowest BCUT2D eigenvalue weighted by atomic mass is 10.1. The Morgan fingerprint density at radius 2 is 1.07 bits per heavy atom. The van der Waals surface area contributed by atoms with E-state index in [2.05, 4.69) is 0 Å². The van der Waals surface area contributed by atoms with Crippen LogP contribution in [0.25, 0.3) is 0 Å². The predicted molar refractivity (Wildman–Crippen MR) is 83.6 cm³/mol. The van der Waals surface area contributed by atoms with Crippen molar-refractivity contribution >= 4 is 23.7 Å². The molecule has 0 aliphatic heterocycles. The van der Waals surface area contributed by atoms with Crippen LogP contribution >= 0.6 is 0 Å². The van der Waals surface area contributed by atoms with Crippen LogP contribution in [0.1, 0.15) is 48.4 Å². The van der Waals surface area contributed by atoms with Crippen LogP contribution in [-0.2, 0) is 0 Å². The largest absolute Gasteiger partial charge is 0.478 e. The Hall–Kier alpha value is -3.83. The number of halogens is 5. The molecule has 0 aliphatic carbocycles. The van der Waals surface area contributed by atoms with E-state index in [9.17, 15) is 41.1 Å². The maximum absolute atomic E-state index is 13.0. The Morgan fingerprint density at radius 3 is 1.31 bits per heavy atom. The Balaban J connectivity index is 0.000000296. The van der Waals surface area contributed by atoms with E-state index in [-0.39, 0.29) is 11.1 Å². The van der Waals surface area contributed by atoms with Gasteiger partial charge in [-0.1, -0.05) is 0 Å². The topological polar surface area (TPSA) is 129 Å². The van der Waals surface area contributed by atoms with Crippen molar-refractivity contribution in [3.8, 4) is 0 Å². The summed E-state index contributed by atoms with van der Waals surface area (Å²) in [5, 5.41) is 25.0. The molecule has 7 nitrogen and oxygen atoms in total. The second-order valence-corrected chi connectivity index (χ2v) is 5.17. The van der Waals surface area contributed by atoms with E-state index in [0.717, 1.165) is 6.07 Å². The minimum Gasteiger partial charge on any atom is -0.478 e. The second kappa shape index (κ2) is 8.91. The third-order valence-corrected chi connectivity index (χ3v) is 3.29. The number of rotatable bonds is 4. The van der Waals surface area contributed by atoms with E-state index in [1.165, 1.54) is 19.1 Å². The van der Waals surface area contributed by atoms with Gasteiger partial charge in [0.25, 0.3) is 0 Å². The summed E-state index contributed by atoms with van der Waals surface area (Å²) in [7, 11) is 0. The van der Waals surface area contributed by atoms with Gasteiger partial charge in [-0.05, 0) is 25.1 Å².